The van der Waals surface area contributed by atoms with Crippen molar-refractivity contribution in [1.29, 1.82) is 0 Å². The molecule has 1 heterocycles. The van der Waals surface area contributed by atoms with Crippen molar-refractivity contribution in [3.8, 4) is 5.75 Å². The minimum atomic E-state index is 0.260. The molecule has 62 valence electrons. The monoisotopic (exact) mass is 226 g/mol. The van der Waals surface area contributed by atoms with Gasteiger partial charge >= 0.3 is 0 Å². The Morgan fingerprint density at radius 3 is 3.00 bits per heavy atom. The van der Waals surface area contributed by atoms with Crippen LogP contribution in [0.4, 0.5) is 0 Å². The molecule has 0 radical (unpaired) electrons. The number of aryl methyl sites for hydroxylation is 1. The van der Waals surface area contributed by atoms with E-state index in [1.54, 1.807) is 22.9 Å². The zero-order valence-electron chi connectivity index (χ0n) is 6.45. The van der Waals surface area contributed by atoms with E-state index in [-0.39, 0.29) is 5.75 Å². The Balaban J connectivity index is 2.88. The second kappa shape index (κ2) is 2.48. The first-order valence-electron chi connectivity index (χ1n) is 3.50. The minimum Gasteiger partial charge on any atom is -0.508 e. The fraction of sp³-hybridized carbons (Fsp3) is 0.125. The number of hydrogen-bond donors (Lipinski definition) is 1. The number of fused-ring (bicyclic) bond motifs is 1. The van der Waals surface area contributed by atoms with Crippen LogP contribution in [0.1, 0.15) is 0 Å². The van der Waals surface area contributed by atoms with Gasteiger partial charge in [0, 0.05) is 12.4 Å². The zero-order chi connectivity index (χ0) is 8.72. The molecule has 4 heteroatoms. The van der Waals surface area contributed by atoms with E-state index in [1.807, 2.05) is 7.05 Å². The SMILES string of the molecule is Cn1nc2ccc(O)cc2c1Br. The lowest BCUT2D eigenvalue weighted by atomic mass is 10.2. The van der Waals surface area contributed by atoms with Gasteiger partial charge in [0.1, 0.15) is 10.4 Å². The number of nitrogens with zero attached hydrogens (tertiary/aromatic N) is 2. The van der Waals surface area contributed by atoms with Gasteiger partial charge in [-0.25, -0.2) is 0 Å². The molecule has 0 aliphatic rings. The average Bonchev–Trinajstić information content (AvgIpc) is 2.31. The van der Waals surface area contributed by atoms with Crippen molar-refractivity contribution in [2.75, 3.05) is 0 Å². The molecule has 0 spiro atoms. The van der Waals surface area contributed by atoms with E-state index in [9.17, 15) is 5.11 Å². The molecule has 0 saturated carbocycles. The van der Waals surface area contributed by atoms with Crippen molar-refractivity contribution in [1.82, 2.24) is 9.78 Å². The van der Waals surface area contributed by atoms with Gasteiger partial charge in [-0.05, 0) is 34.1 Å². The summed E-state index contributed by atoms with van der Waals surface area (Å²) >= 11 is 3.37. The largest absolute Gasteiger partial charge is 0.508 e. The number of halogens is 1. The van der Waals surface area contributed by atoms with Gasteiger partial charge in [0.2, 0.25) is 0 Å². The number of hydrogen-bond acceptors (Lipinski definition) is 2. The van der Waals surface area contributed by atoms with Crippen molar-refractivity contribution < 1.29 is 5.11 Å². The summed E-state index contributed by atoms with van der Waals surface area (Å²) < 4.78 is 2.61. The Bertz CT molecular complexity index is 436. The quantitative estimate of drug-likeness (QED) is 0.747. The summed E-state index contributed by atoms with van der Waals surface area (Å²) in [5.74, 6) is 0.260. The van der Waals surface area contributed by atoms with E-state index in [0.717, 1.165) is 15.5 Å². The maximum absolute atomic E-state index is 9.21. The lowest BCUT2D eigenvalue weighted by Crippen LogP contribution is -1.88. The van der Waals surface area contributed by atoms with E-state index in [4.69, 9.17) is 0 Å². The van der Waals surface area contributed by atoms with Crippen LogP contribution in [0, 0.1) is 0 Å². The molecule has 0 bridgehead atoms. The summed E-state index contributed by atoms with van der Waals surface area (Å²) in [6, 6.07) is 5.10. The maximum atomic E-state index is 9.21. The van der Waals surface area contributed by atoms with Crippen LogP contribution in [0.3, 0.4) is 0 Å². The van der Waals surface area contributed by atoms with E-state index < -0.39 is 0 Å². The van der Waals surface area contributed by atoms with E-state index >= 15 is 0 Å². The van der Waals surface area contributed by atoms with Crippen molar-refractivity contribution in [3.05, 3.63) is 22.8 Å². The van der Waals surface area contributed by atoms with Crippen LogP contribution in [-0.4, -0.2) is 14.9 Å². The molecule has 0 atom stereocenters. The van der Waals surface area contributed by atoms with Crippen LogP contribution < -0.4 is 0 Å². The highest BCUT2D eigenvalue weighted by atomic mass is 79.9. The molecule has 12 heavy (non-hydrogen) atoms. The summed E-state index contributed by atoms with van der Waals surface area (Å²) in [5.41, 5.74) is 0.877. The average molecular weight is 227 g/mol. The van der Waals surface area contributed by atoms with Crippen molar-refractivity contribution in [2.45, 2.75) is 0 Å². The summed E-state index contributed by atoms with van der Waals surface area (Å²) in [5, 5.41) is 14.3. The molecule has 0 aliphatic carbocycles. The van der Waals surface area contributed by atoms with Gasteiger partial charge in [0.15, 0.2) is 0 Å². The predicted molar refractivity (Wildman–Crippen MR) is 50.1 cm³/mol. The molecule has 1 aromatic carbocycles. The lowest BCUT2D eigenvalue weighted by molar-refractivity contribution is 0.476. The second-order valence-corrected chi connectivity index (χ2v) is 3.37. The molecule has 0 aliphatic heterocycles. The normalized spacial score (nSPS) is 10.8. The molecule has 1 aromatic heterocycles. The van der Waals surface area contributed by atoms with Crippen LogP contribution in [-0.2, 0) is 7.05 Å². The molecule has 2 aromatic rings. The van der Waals surface area contributed by atoms with Crippen LogP contribution in [0.15, 0.2) is 22.8 Å². The fourth-order valence-corrected chi connectivity index (χ4v) is 1.55. The molecule has 0 fully saturated rings. The smallest absolute Gasteiger partial charge is 0.116 e. The molecule has 0 amide bonds. The number of phenols is 1. The van der Waals surface area contributed by atoms with Crippen molar-refractivity contribution in [2.24, 2.45) is 7.05 Å². The molecule has 1 N–H and O–H groups in total. The summed E-state index contributed by atoms with van der Waals surface area (Å²) in [6.07, 6.45) is 0. The van der Waals surface area contributed by atoms with Gasteiger partial charge < -0.3 is 5.11 Å². The van der Waals surface area contributed by atoms with E-state index in [0.29, 0.717) is 0 Å². The maximum Gasteiger partial charge on any atom is 0.116 e. The van der Waals surface area contributed by atoms with Gasteiger partial charge in [0.05, 0.1) is 5.52 Å². The number of benzene rings is 1. The third-order valence-corrected chi connectivity index (χ3v) is 2.68. The molecule has 3 nitrogen and oxygen atoms in total. The Morgan fingerprint density at radius 1 is 1.50 bits per heavy atom. The van der Waals surface area contributed by atoms with Crippen LogP contribution in [0.2, 0.25) is 0 Å². The summed E-state index contributed by atoms with van der Waals surface area (Å²) in [7, 11) is 1.85. The van der Waals surface area contributed by atoms with Crippen molar-refractivity contribution >= 4 is 26.8 Å². The topological polar surface area (TPSA) is 38.0 Å². The van der Waals surface area contributed by atoms with Crippen LogP contribution in [0.25, 0.3) is 10.9 Å². The Labute approximate surface area is 77.7 Å². The second-order valence-electron chi connectivity index (χ2n) is 2.62. The molecular formula is C8H7BrN2O. The molecular weight excluding hydrogens is 220 g/mol. The standard InChI is InChI=1S/C8H7BrN2O/c1-11-8(9)6-4-5(12)2-3-7(6)10-11/h2-4,12H,1H3. The van der Waals surface area contributed by atoms with Crippen LogP contribution >= 0.6 is 15.9 Å². The van der Waals surface area contributed by atoms with Gasteiger partial charge in [-0.15, -0.1) is 0 Å². The molecule has 0 saturated heterocycles. The number of aromatic nitrogens is 2. The zero-order valence-corrected chi connectivity index (χ0v) is 8.04. The van der Waals surface area contributed by atoms with E-state index in [1.165, 1.54) is 0 Å². The lowest BCUT2D eigenvalue weighted by Gasteiger charge is -1.90. The summed E-state index contributed by atoms with van der Waals surface area (Å²) in [6.45, 7) is 0. The van der Waals surface area contributed by atoms with Crippen LogP contribution in [0.5, 0.6) is 5.75 Å². The van der Waals surface area contributed by atoms with Crippen molar-refractivity contribution in [3.63, 3.8) is 0 Å². The Hall–Kier alpha value is -1.03. The Kier molecular flexibility index (Phi) is 1.58. The first-order valence-corrected chi connectivity index (χ1v) is 4.29. The van der Waals surface area contributed by atoms with Gasteiger partial charge in [-0.2, -0.15) is 5.10 Å². The van der Waals surface area contributed by atoms with Gasteiger partial charge in [-0.1, -0.05) is 0 Å². The third kappa shape index (κ3) is 0.992. The highest BCUT2D eigenvalue weighted by Crippen LogP contribution is 2.25. The fourth-order valence-electron chi connectivity index (χ4n) is 1.16. The third-order valence-electron chi connectivity index (χ3n) is 1.74. The molecule has 2 rings (SSSR count). The highest BCUT2D eigenvalue weighted by Gasteiger charge is 2.05. The number of rotatable bonds is 0. The minimum absolute atomic E-state index is 0.260. The first kappa shape index (κ1) is 7.61. The summed E-state index contributed by atoms with van der Waals surface area (Å²) in [4.78, 5) is 0. The van der Waals surface area contributed by atoms with Gasteiger partial charge in [0.25, 0.3) is 0 Å². The Morgan fingerprint density at radius 2 is 2.25 bits per heavy atom. The predicted octanol–water partition coefficient (Wildman–Crippen LogP) is 2.04. The molecule has 0 unspecified atom stereocenters. The van der Waals surface area contributed by atoms with Gasteiger partial charge in [-0.3, -0.25) is 4.68 Å². The highest BCUT2D eigenvalue weighted by molar-refractivity contribution is 9.10. The first-order chi connectivity index (χ1) is 5.68. The number of phenolic OH excluding ortho intramolecular Hbond substituents is 1. The van der Waals surface area contributed by atoms with E-state index in [2.05, 4.69) is 21.0 Å². The number of aromatic hydroxyl groups is 1.